The van der Waals surface area contributed by atoms with E-state index >= 15 is 0 Å². The maximum atomic E-state index is 6.18. The van der Waals surface area contributed by atoms with Crippen molar-refractivity contribution in [2.75, 3.05) is 12.4 Å². The minimum atomic E-state index is 0.596. The predicted octanol–water partition coefficient (Wildman–Crippen LogP) is 4.74. The molecule has 1 N–H and O–H groups in total. The number of nitrogens with one attached hydrogen (secondary N) is 1. The van der Waals surface area contributed by atoms with E-state index in [1.165, 1.54) is 0 Å². The number of aromatic nitrogens is 2. The van der Waals surface area contributed by atoms with Crippen molar-refractivity contribution < 1.29 is 4.74 Å². The Labute approximate surface area is 139 Å². The zero-order valence-corrected chi connectivity index (χ0v) is 14.6. The van der Waals surface area contributed by atoms with Crippen LogP contribution < -0.4 is 10.1 Å². The SMILES string of the molecule is COc1nc2sccn2c1CNc1cc(Cl)c(C)cc1Br. The van der Waals surface area contributed by atoms with E-state index in [4.69, 9.17) is 16.3 Å². The number of thiazole rings is 1. The highest BCUT2D eigenvalue weighted by atomic mass is 79.9. The number of imidazole rings is 1. The number of benzene rings is 1. The van der Waals surface area contributed by atoms with Crippen LogP contribution in [0.3, 0.4) is 0 Å². The van der Waals surface area contributed by atoms with Crippen LogP contribution in [0.4, 0.5) is 5.69 Å². The molecule has 0 aliphatic heterocycles. The van der Waals surface area contributed by atoms with Gasteiger partial charge < -0.3 is 10.1 Å². The third-order valence-corrected chi connectivity index (χ3v) is 5.03. The predicted molar refractivity (Wildman–Crippen MR) is 90.8 cm³/mol. The monoisotopic (exact) mass is 385 g/mol. The van der Waals surface area contributed by atoms with Gasteiger partial charge in [-0.05, 0) is 40.5 Å². The lowest BCUT2D eigenvalue weighted by Gasteiger charge is -2.11. The van der Waals surface area contributed by atoms with Crippen LogP contribution in [-0.4, -0.2) is 16.5 Å². The van der Waals surface area contributed by atoms with Crippen molar-refractivity contribution in [2.24, 2.45) is 0 Å². The van der Waals surface area contributed by atoms with Gasteiger partial charge in [0.25, 0.3) is 0 Å². The van der Waals surface area contributed by atoms with E-state index in [2.05, 4.69) is 26.2 Å². The molecule has 21 heavy (non-hydrogen) atoms. The lowest BCUT2D eigenvalue weighted by Crippen LogP contribution is -2.04. The van der Waals surface area contributed by atoms with Gasteiger partial charge in [-0.1, -0.05) is 11.6 Å². The zero-order valence-electron chi connectivity index (χ0n) is 11.5. The third-order valence-electron chi connectivity index (χ3n) is 3.21. The largest absolute Gasteiger partial charge is 0.480 e. The fraction of sp³-hybridized carbons (Fsp3) is 0.214. The van der Waals surface area contributed by atoms with E-state index in [1.807, 2.05) is 35.0 Å². The molecule has 0 bridgehead atoms. The molecule has 2 aromatic heterocycles. The van der Waals surface area contributed by atoms with Crippen molar-refractivity contribution in [3.05, 3.63) is 44.5 Å². The molecule has 0 spiro atoms. The Hall–Kier alpha value is -1.24. The Morgan fingerprint density at radius 1 is 1.48 bits per heavy atom. The normalized spacial score (nSPS) is 11.0. The van der Waals surface area contributed by atoms with Crippen molar-refractivity contribution in [1.29, 1.82) is 0 Å². The van der Waals surface area contributed by atoms with Gasteiger partial charge in [-0.2, -0.15) is 4.98 Å². The summed E-state index contributed by atoms with van der Waals surface area (Å²) in [5.74, 6) is 0.642. The number of nitrogens with zero attached hydrogens (tertiary/aromatic N) is 2. The van der Waals surface area contributed by atoms with Crippen LogP contribution in [0, 0.1) is 6.92 Å². The number of fused-ring (bicyclic) bond motifs is 1. The second-order valence-corrected chi connectivity index (χ2v) is 6.69. The molecule has 0 radical (unpaired) electrons. The Balaban J connectivity index is 1.89. The molecular weight excluding hydrogens is 374 g/mol. The lowest BCUT2D eigenvalue weighted by molar-refractivity contribution is 0.395. The van der Waals surface area contributed by atoms with Gasteiger partial charge in [0.1, 0.15) is 5.69 Å². The van der Waals surface area contributed by atoms with Crippen molar-refractivity contribution in [2.45, 2.75) is 13.5 Å². The van der Waals surface area contributed by atoms with Crippen LogP contribution in [-0.2, 0) is 6.54 Å². The van der Waals surface area contributed by atoms with Gasteiger partial charge in [-0.3, -0.25) is 4.40 Å². The van der Waals surface area contributed by atoms with E-state index in [9.17, 15) is 0 Å². The Morgan fingerprint density at radius 2 is 2.29 bits per heavy atom. The van der Waals surface area contributed by atoms with Gasteiger partial charge in [0.15, 0.2) is 4.96 Å². The fourth-order valence-electron chi connectivity index (χ4n) is 2.10. The molecule has 0 atom stereocenters. The highest BCUT2D eigenvalue weighted by molar-refractivity contribution is 9.10. The maximum Gasteiger partial charge on any atom is 0.238 e. The highest BCUT2D eigenvalue weighted by Crippen LogP contribution is 2.30. The molecular formula is C14H13BrClN3OS. The van der Waals surface area contributed by atoms with Crippen LogP contribution in [0.2, 0.25) is 5.02 Å². The van der Waals surface area contributed by atoms with Crippen LogP contribution in [0.5, 0.6) is 5.88 Å². The highest BCUT2D eigenvalue weighted by Gasteiger charge is 2.14. The standard InChI is InChI=1S/C14H13BrClN3OS/c1-8-5-9(15)11(6-10(8)16)17-7-12-13(20-2)18-14-19(12)3-4-21-14/h3-6,17H,7H2,1-2H3. The topological polar surface area (TPSA) is 38.6 Å². The number of hydrogen-bond donors (Lipinski definition) is 1. The summed E-state index contributed by atoms with van der Waals surface area (Å²) >= 11 is 11.3. The number of hydrogen-bond acceptors (Lipinski definition) is 4. The van der Waals surface area contributed by atoms with Crippen molar-refractivity contribution in [3.63, 3.8) is 0 Å². The summed E-state index contributed by atoms with van der Waals surface area (Å²) in [6.45, 7) is 2.57. The van der Waals surface area contributed by atoms with Crippen LogP contribution in [0.15, 0.2) is 28.2 Å². The summed E-state index contributed by atoms with van der Waals surface area (Å²) in [6, 6.07) is 3.91. The number of ether oxygens (including phenoxy) is 1. The first-order chi connectivity index (χ1) is 10.1. The summed E-state index contributed by atoms with van der Waals surface area (Å²) in [7, 11) is 1.63. The van der Waals surface area contributed by atoms with Crippen LogP contribution in [0.25, 0.3) is 4.96 Å². The van der Waals surface area contributed by atoms with E-state index in [0.29, 0.717) is 12.4 Å². The Bertz CT molecular complexity index is 799. The fourth-order valence-corrected chi connectivity index (χ4v) is 3.58. The zero-order chi connectivity index (χ0) is 15.0. The molecule has 0 amide bonds. The van der Waals surface area contributed by atoms with Gasteiger partial charge in [0.05, 0.1) is 19.3 Å². The second kappa shape index (κ2) is 5.87. The summed E-state index contributed by atoms with van der Waals surface area (Å²) in [5.41, 5.74) is 2.96. The van der Waals surface area contributed by atoms with Crippen molar-refractivity contribution >= 4 is 49.5 Å². The van der Waals surface area contributed by atoms with E-state index in [1.54, 1.807) is 18.4 Å². The molecule has 2 heterocycles. The third kappa shape index (κ3) is 2.75. The lowest BCUT2D eigenvalue weighted by atomic mass is 10.2. The summed E-state index contributed by atoms with van der Waals surface area (Å²) < 4.78 is 8.36. The first-order valence-electron chi connectivity index (χ1n) is 6.28. The number of halogens is 2. The molecule has 3 aromatic rings. The van der Waals surface area contributed by atoms with Crippen molar-refractivity contribution in [1.82, 2.24) is 9.38 Å². The Morgan fingerprint density at radius 3 is 3.05 bits per heavy atom. The van der Waals surface area contributed by atoms with Gasteiger partial charge >= 0.3 is 0 Å². The summed E-state index contributed by atoms with van der Waals surface area (Å²) in [5, 5.41) is 6.11. The van der Waals surface area contributed by atoms with Crippen LogP contribution >= 0.6 is 38.9 Å². The molecule has 7 heteroatoms. The minimum absolute atomic E-state index is 0.596. The van der Waals surface area contributed by atoms with E-state index in [-0.39, 0.29) is 0 Å². The van der Waals surface area contributed by atoms with Gasteiger partial charge in [-0.15, -0.1) is 11.3 Å². The minimum Gasteiger partial charge on any atom is -0.480 e. The first-order valence-corrected chi connectivity index (χ1v) is 8.33. The molecule has 0 saturated heterocycles. The molecule has 3 rings (SSSR count). The molecule has 110 valence electrons. The Kier molecular flexibility index (Phi) is 4.10. The second-order valence-electron chi connectivity index (χ2n) is 4.56. The van der Waals surface area contributed by atoms with E-state index < -0.39 is 0 Å². The quantitative estimate of drug-likeness (QED) is 0.704. The van der Waals surface area contributed by atoms with Gasteiger partial charge in [-0.25, -0.2) is 0 Å². The number of anilines is 1. The number of aryl methyl sites for hydroxylation is 1. The number of rotatable bonds is 4. The van der Waals surface area contributed by atoms with E-state index in [0.717, 1.165) is 31.4 Å². The molecule has 1 aromatic carbocycles. The van der Waals surface area contributed by atoms with Gasteiger partial charge in [0.2, 0.25) is 5.88 Å². The van der Waals surface area contributed by atoms with Crippen molar-refractivity contribution in [3.8, 4) is 5.88 Å². The average molecular weight is 387 g/mol. The summed E-state index contributed by atoms with van der Waals surface area (Å²) in [4.78, 5) is 5.36. The number of methoxy groups -OCH3 is 1. The molecule has 0 saturated carbocycles. The smallest absolute Gasteiger partial charge is 0.238 e. The van der Waals surface area contributed by atoms with Gasteiger partial charge in [0, 0.05) is 21.1 Å². The molecule has 0 fully saturated rings. The molecule has 0 aliphatic rings. The maximum absolute atomic E-state index is 6.18. The average Bonchev–Trinajstić information content (AvgIpc) is 3.02. The first kappa shape index (κ1) is 14.7. The molecule has 0 aliphatic carbocycles. The molecule has 0 unspecified atom stereocenters. The summed E-state index contributed by atoms with van der Waals surface area (Å²) in [6.07, 6.45) is 1.99. The van der Waals surface area contributed by atoms with Crippen LogP contribution in [0.1, 0.15) is 11.3 Å². The molecule has 4 nitrogen and oxygen atoms in total.